The van der Waals surface area contributed by atoms with Gasteiger partial charge in [0.1, 0.15) is 0 Å². The van der Waals surface area contributed by atoms with Gasteiger partial charge >= 0.3 is 0 Å². The van der Waals surface area contributed by atoms with Gasteiger partial charge in [-0.1, -0.05) is 78.9 Å². The molecular weight excluding hydrogens is 410 g/mol. The van der Waals surface area contributed by atoms with Crippen LogP contribution in [0.25, 0.3) is 68.9 Å². The Morgan fingerprint density at radius 1 is 0.531 bits per heavy atom. The monoisotopic (exact) mass is 425 g/mol. The SMILES string of the molecule is O=c1c2ccccc2c2cccc3c4ccc5c(sc6ccc7ccccc7c65)c4n1c23. The van der Waals surface area contributed by atoms with Crippen molar-refractivity contribution in [2.24, 2.45) is 0 Å². The highest BCUT2D eigenvalue weighted by Gasteiger charge is 2.20. The molecule has 8 aromatic rings. The molecule has 0 aliphatic carbocycles. The molecule has 0 radical (unpaired) electrons. The molecule has 0 aliphatic rings. The van der Waals surface area contributed by atoms with Crippen LogP contribution in [0.2, 0.25) is 0 Å². The summed E-state index contributed by atoms with van der Waals surface area (Å²) in [4.78, 5) is 13.8. The topological polar surface area (TPSA) is 21.5 Å². The van der Waals surface area contributed by atoms with Crippen LogP contribution in [-0.4, -0.2) is 4.40 Å². The third kappa shape index (κ3) is 1.85. The molecular formula is C29H15NOS. The lowest BCUT2D eigenvalue weighted by molar-refractivity contribution is 1.22. The third-order valence-corrected chi connectivity index (χ3v) is 8.11. The second kappa shape index (κ2) is 5.64. The van der Waals surface area contributed by atoms with E-state index in [-0.39, 0.29) is 5.56 Å². The zero-order valence-electron chi connectivity index (χ0n) is 16.9. The zero-order chi connectivity index (χ0) is 21.0. The molecule has 0 unspecified atom stereocenters. The molecule has 0 saturated carbocycles. The molecule has 0 atom stereocenters. The fourth-order valence-electron chi connectivity index (χ4n) is 5.59. The van der Waals surface area contributed by atoms with Gasteiger partial charge in [0, 0.05) is 37.0 Å². The van der Waals surface area contributed by atoms with Crippen molar-refractivity contribution in [1.82, 2.24) is 4.40 Å². The van der Waals surface area contributed by atoms with Crippen molar-refractivity contribution in [1.29, 1.82) is 0 Å². The Balaban J connectivity index is 1.73. The summed E-state index contributed by atoms with van der Waals surface area (Å²) in [5.41, 5.74) is 2.13. The first-order chi connectivity index (χ1) is 15.8. The smallest absolute Gasteiger partial charge is 0.263 e. The number of benzene rings is 5. The first-order valence-electron chi connectivity index (χ1n) is 10.8. The lowest BCUT2D eigenvalue weighted by Gasteiger charge is -2.06. The van der Waals surface area contributed by atoms with Crippen LogP contribution < -0.4 is 5.56 Å². The van der Waals surface area contributed by atoms with Crippen molar-refractivity contribution in [2.45, 2.75) is 0 Å². The number of hydrogen-bond acceptors (Lipinski definition) is 2. The maximum Gasteiger partial charge on any atom is 0.263 e. The third-order valence-electron chi connectivity index (χ3n) is 6.93. The molecule has 8 rings (SSSR count). The largest absolute Gasteiger partial charge is 0.274 e. The van der Waals surface area contributed by atoms with Gasteiger partial charge in [0.05, 0.1) is 15.7 Å². The number of para-hydroxylation sites is 1. The number of hydrogen-bond donors (Lipinski definition) is 0. The summed E-state index contributed by atoms with van der Waals surface area (Å²) in [6, 6.07) is 31.8. The maximum atomic E-state index is 13.8. The Morgan fingerprint density at radius 3 is 2.06 bits per heavy atom. The van der Waals surface area contributed by atoms with E-state index in [2.05, 4.69) is 72.8 Å². The van der Waals surface area contributed by atoms with E-state index in [1.807, 2.05) is 22.6 Å². The number of nitrogens with zero attached hydrogens (tertiary/aromatic N) is 1. The molecule has 0 N–H and O–H groups in total. The lowest BCUT2D eigenvalue weighted by Crippen LogP contribution is -2.12. The number of aromatic nitrogens is 1. The zero-order valence-corrected chi connectivity index (χ0v) is 17.7. The van der Waals surface area contributed by atoms with Crippen LogP contribution >= 0.6 is 11.3 Å². The van der Waals surface area contributed by atoms with Crippen LogP contribution in [0.15, 0.2) is 95.8 Å². The molecule has 3 aromatic heterocycles. The van der Waals surface area contributed by atoms with Gasteiger partial charge < -0.3 is 0 Å². The molecule has 5 aromatic carbocycles. The van der Waals surface area contributed by atoms with Crippen molar-refractivity contribution in [3.05, 3.63) is 101 Å². The molecule has 0 amide bonds. The minimum absolute atomic E-state index is 0.0640. The van der Waals surface area contributed by atoms with E-state index in [4.69, 9.17) is 0 Å². The summed E-state index contributed by atoms with van der Waals surface area (Å²) in [5.74, 6) is 0. The van der Waals surface area contributed by atoms with Gasteiger partial charge in [-0.05, 0) is 28.3 Å². The maximum absolute atomic E-state index is 13.8. The first-order valence-corrected chi connectivity index (χ1v) is 11.6. The van der Waals surface area contributed by atoms with Gasteiger partial charge in [0.15, 0.2) is 0 Å². The highest BCUT2D eigenvalue weighted by Crippen LogP contribution is 2.44. The summed E-state index contributed by atoms with van der Waals surface area (Å²) in [6.45, 7) is 0. The van der Waals surface area contributed by atoms with Crippen LogP contribution in [0.3, 0.4) is 0 Å². The fourth-order valence-corrected chi connectivity index (χ4v) is 6.85. The second-order valence-corrected chi connectivity index (χ2v) is 9.54. The van der Waals surface area contributed by atoms with Crippen LogP contribution in [0.5, 0.6) is 0 Å². The number of thiophene rings is 1. The molecule has 2 nitrogen and oxygen atoms in total. The molecule has 3 heteroatoms. The van der Waals surface area contributed by atoms with Crippen LogP contribution in [0.1, 0.15) is 0 Å². The van der Waals surface area contributed by atoms with E-state index in [0.717, 1.165) is 38.0 Å². The van der Waals surface area contributed by atoms with Gasteiger partial charge in [-0.3, -0.25) is 9.20 Å². The van der Waals surface area contributed by atoms with Gasteiger partial charge in [0.2, 0.25) is 0 Å². The molecule has 0 spiro atoms. The van der Waals surface area contributed by atoms with E-state index >= 15 is 0 Å². The van der Waals surface area contributed by atoms with Gasteiger partial charge in [0.25, 0.3) is 5.56 Å². The highest BCUT2D eigenvalue weighted by molar-refractivity contribution is 7.26. The summed E-state index contributed by atoms with van der Waals surface area (Å²) in [7, 11) is 0. The molecule has 0 saturated heterocycles. The van der Waals surface area contributed by atoms with E-state index in [9.17, 15) is 4.79 Å². The average Bonchev–Trinajstić information content (AvgIpc) is 3.39. The van der Waals surface area contributed by atoms with Crippen molar-refractivity contribution in [3.63, 3.8) is 0 Å². The summed E-state index contributed by atoms with van der Waals surface area (Å²) < 4.78 is 4.42. The van der Waals surface area contributed by atoms with Crippen LogP contribution in [0, 0.1) is 0 Å². The highest BCUT2D eigenvalue weighted by atomic mass is 32.1. The van der Waals surface area contributed by atoms with Crippen molar-refractivity contribution in [3.8, 4) is 0 Å². The minimum Gasteiger partial charge on any atom is -0.274 e. The summed E-state index contributed by atoms with van der Waals surface area (Å²) >= 11 is 1.79. The van der Waals surface area contributed by atoms with Crippen LogP contribution in [0.4, 0.5) is 0 Å². The van der Waals surface area contributed by atoms with E-state index in [0.29, 0.717) is 0 Å². The standard InChI is InChI=1S/C29H15NOS/c31-29-22-9-4-3-8-18(22)19-10-5-11-20-21-13-14-23-25-17-7-2-1-6-16(17)12-15-24(25)32-28(23)27(21)30(29)26(19)20/h1-15H. The van der Waals surface area contributed by atoms with Gasteiger partial charge in [-0.2, -0.15) is 0 Å². The lowest BCUT2D eigenvalue weighted by atomic mass is 10.0. The van der Waals surface area contributed by atoms with Crippen LogP contribution in [-0.2, 0) is 0 Å². The van der Waals surface area contributed by atoms with Crippen molar-refractivity contribution < 1.29 is 0 Å². The number of rotatable bonds is 0. The van der Waals surface area contributed by atoms with E-state index in [1.54, 1.807) is 11.3 Å². The predicted octanol–water partition coefficient (Wildman–Crippen LogP) is 7.72. The van der Waals surface area contributed by atoms with Crippen molar-refractivity contribution in [2.75, 3.05) is 0 Å². The Morgan fingerprint density at radius 2 is 1.19 bits per heavy atom. The Labute approximate surface area is 185 Å². The summed E-state index contributed by atoms with van der Waals surface area (Å²) in [6.07, 6.45) is 0. The molecule has 32 heavy (non-hydrogen) atoms. The number of fused-ring (bicyclic) bond motifs is 11. The predicted molar refractivity (Wildman–Crippen MR) is 138 cm³/mol. The normalized spacial score (nSPS) is 12.5. The average molecular weight is 426 g/mol. The quantitative estimate of drug-likeness (QED) is 0.228. The van der Waals surface area contributed by atoms with Gasteiger partial charge in [-0.25, -0.2) is 0 Å². The van der Waals surface area contributed by atoms with Crippen molar-refractivity contribution >= 4 is 80.2 Å². The van der Waals surface area contributed by atoms with E-state index in [1.165, 1.54) is 30.9 Å². The second-order valence-electron chi connectivity index (χ2n) is 8.49. The molecule has 3 heterocycles. The molecule has 0 bridgehead atoms. The minimum atomic E-state index is 0.0640. The Bertz CT molecular complexity index is 2110. The summed E-state index contributed by atoms with van der Waals surface area (Å²) in [5, 5.41) is 10.2. The first kappa shape index (κ1) is 16.7. The number of pyridine rings is 1. The molecule has 0 aliphatic heterocycles. The van der Waals surface area contributed by atoms with Gasteiger partial charge in [-0.15, -0.1) is 11.3 Å². The fraction of sp³-hybridized carbons (Fsp3) is 0. The Hall–Kier alpha value is -3.95. The molecule has 0 fully saturated rings. The Kier molecular flexibility index (Phi) is 2.94. The van der Waals surface area contributed by atoms with E-state index < -0.39 is 0 Å². The molecule has 148 valence electrons.